The minimum Gasteiger partial charge on any atom is -0.434 e. The zero-order chi connectivity index (χ0) is 19.3. The van der Waals surface area contributed by atoms with Gasteiger partial charge in [0.15, 0.2) is 5.82 Å². The van der Waals surface area contributed by atoms with Gasteiger partial charge in [0.2, 0.25) is 0 Å². The molecular weight excluding hydrogens is 381 g/mol. The lowest BCUT2D eigenvalue weighted by Crippen LogP contribution is -2.33. The first-order valence-electron chi connectivity index (χ1n) is 8.25. The van der Waals surface area contributed by atoms with Crippen LogP contribution in [0.15, 0.2) is 36.5 Å². The summed E-state index contributed by atoms with van der Waals surface area (Å²) in [6.45, 7) is -3.02. The summed E-state index contributed by atoms with van der Waals surface area (Å²) in [5, 5.41) is -0.0815. The molecule has 2 aliphatic rings. The van der Waals surface area contributed by atoms with Crippen molar-refractivity contribution in [1.29, 1.82) is 0 Å². The molecule has 1 amide bonds. The fourth-order valence-corrected chi connectivity index (χ4v) is 3.92. The second kappa shape index (κ2) is 6.56. The Morgan fingerprint density at radius 1 is 1.37 bits per heavy atom. The van der Waals surface area contributed by atoms with Gasteiger partial charge in [-0.05, 0) is 30.2 Å². The average Bonchev–Trinajstić information content (AvgIpc) is 3.03. The van der Waals surface area contributed by atoms with E-state index in [-0.39, 0.29) is 22.7 Å². The molecule has 0 saturated carbocycles. The maximum absolute atomic E-state index is 13.5. The number of allylic oxidation sites excluding steroid dienone is 1. The Hall–Kier alpha value is -2.54. The Kier molecular flexibility index (Phi) is 4.34. The first-order chi connectivity index (χ1) is 12.9. The highest BCUT2D eigenvalue weighted by Gasteiger charge is 2.41. The lowest BCUT2D eigenvalue weighted by molar-refractivity contribution is -0.0505. The topological polar surface area (TPSA) is 42.4 Å². The van der Waals surface area contributed by atoms with E-state index in [1.807, 2.05) is 6.08 Å². The normalized spacial score (nSPS) is 21.2. The third-order valence-corrected chi connectivity index (χ3v) is 5.30. The van der Waals surface area contributed by atoms with Crippen molar-refractivity contribution in [2.45, 2.75) is 25.0 Å². The van der Waals surface area contributed by atoms with Crippen LogP contribution in [0, 0.1) is 5.82 Å². The minimum absolute atomic E-state index is 0.0455. The predicted molar refractivity (Wildman–Crippen MR) is 93.5 cm³/mol. The number of pyridine rings is 1. The standard InChI is InChI=1S/C19H14ClF3N2O2/c1-25-9-5-11(15-7-13(20)14(21)8-24-15)12(6-9)17-10(18(25)26)3-2-4-16(17)27-19(22)23/h2-5,7-9,12,19H,6H2,1H3/t9-,12-/m0/s1. The van der Waals surface area contributed by atoms with Crippen LogP contribution in [0.4, 0.5) is 13.2 Å². The number of carbonyl (C=O) groups excluding carboxylic acids is 1. The molecule has 0 saturated heterocycles. The van der Waals surface area contributed by atoms with Crippen LogP contribution >= 0.6 is 11.6 Å². The molecule has 2 aromatic rings. The van der Waals surface area contributed by atoms with E-state index in [1.54, 1.807) is 18.0 Å². The van der Waals surface area contributed by atoms with Gasteiger partial charge in [-0.3, -0.25) is 9.78 Å². The number of carbonyl (C=O) groups is 1. The van der Waals surface area contributed by atoms with Gasteiger partial charge in [0.25, 0.3) is 5.91 Å². The maximum atomic E-state index is 13.5. The third kappa shape index (κ3) is 2.96. The predicted octanol–water partition coefficient (Wildman–Crippen LogP) is 4.50. The van der Waals surface area contributed by atoms with E-state index in [9.17, 15) is 18.0 Å². The summed E-state index contributed by atoms with van der Waals surface area (Å²) in [4.78, 5) is 18.4. The van der Waals surface area contributed by atoms with E-state index in [0.717, 1.165) is 6.20 Å². The first-order valence-corrected chi connectivity index (χ1v) is 8.62. The first kappa shape index (κ1) is 17.9. The van der Waals surface area contributed by atoms with Gasteiger partial charge in [-0.25, -0.2) is 4.39 Å². The van der Waals surface area contributed by atoms with Crippen molar-refractivity contribution in [2.24, 2.45) is 0 Å². The minimum atomic E-state index is -3.02. The molecule has 1 aromatic carbocycles. The van der Waals surface area contributed by atoms with Crippen LogP contribution in [0.3, 0.4) is 0 Å². The molecule has 0 spiro atoms. The van der Waals surface area contributed by atoms with Crippen LogP contribution in [0.1, 0.15) is 34.0 Å². The van der Waals surface area contributed by atoms with Gasteiger partial charge < -0.3 is 9.64 Å². The Labute approximate surface area is 158 Å². The van der Waals surface area contributed by atoms with Gasteiger partial charge in [0, 0.05) is 24.1 Å². The van der Waals surface area contributed by atoms with Crippen molar-refractivity contribution in [2.75, 3.05) is 7.05 Å². The SMILES string of the molecule is CN1C(=O)c2cccc(OC(F)F)c2[C@H]2C[C@@H]1C=C2c1cc(Cl)c(F)cn1. The van der Waals surface area contributed by atoms with E-state index in [1.165, 1.54) is 18.2 Å². The van der Waals surface area contributed by atoms with Crippen LogP contribution in [0.25, 0.3) is 5.57 Å². The van der Waals surface area contributed by atoms with E-state index in [2.05, 4.69) is 4.98 Å². The maximum Gasteiger partial charge on any atom is 0.387 e. The van der Waals surface area contributed by atoms with Crippen molar-refractivity contribution in [1.82, 2.24) is 9.88 Å². The number of amides is 1. The van der Waals surface area contributed by atoms with Crippen molar-refractivity contribution < 1.29 is 22.7 Å². The summed E-state index contributed by atoms with van der Waals surface area (Å²) < 4.78 is 44.0. The highest BCUT2D eigenvalue weighted by atomic mass is 35.5. The molecule has 8 heteroatoms. The third-order valence-electron chi connectivity index (χ3n) is 5.01. The number of benzene rings is 1. The van der Waals surface area contributed by atoms with Crippen LogP contribution in [0.5, 0.6) is 5.75 Å². The summed E-state index contributed by atoms with van der Waals surface area (Å²) >= 11 is 5.89. The number of likely N-dealkylation sites (N-methyl/N-ethyl adjacent to an activating group) is 1. The number of hydrogen-bond acceptors (Lipinski definition) is 3. The number of fused-ring (bicyclic) bond motifs is 4. The summed E-state index contributed by atoms with van der Waals surface area (Å²) in [7, 11) is 1.66. The lowest BCUT2D eigenvalue weighted by atomic mass is 9.87. The number of nitrogens with zero attached hydrogens (tertiary/aromatic N) is 2. The number of rotatable bonds is 3. The van der Waals surface area contributed by atoms with Gasteiger partial charge in [0.05, 0.1) is 23.0 Å². The van der Waals surface area contributed by atoms with Gasteiger partial charge in [-0.15, -0.1) is 0 Å². The highest BCUT2D eigenvalue weighted by Crippen LogP contribution is 2.49. The van der Waals surface area contributed by atoms with E-state index in [0.29, 0.717) is 28.8 Å². The van der Waals surface area contributed by atoms with Gasteiger partial charge in [-0.1, -0.05) is 23.7 Å². The second-order valence-electron chi connectivity index (χ2n) is 6.47. The summed E-state index contributed by atoms with van der Waals surface area (Å²) in [5.41, 5.74) is 1.84. The second-order valence-corrected chi connectivity index (χ2v) is 6.88. The van der Waals surface area contributed by atoms with Gasteiger partial charge in [-0.2, -0.15) is 8.78 Å². The zero-order valence-corrected chi connectivity index (χ0v) is 14.9. The number of ether oxygens (including phenoxy) is 1. The fraction of sp³-hybridized carbons (Fsp3) is 0.263. The lowest BCUT2D eigenvalue weighted by Gasteiger charge is -2.23. The smallest absolute Gasteiger partial charge is 0.387 e. The van der Waals surface area contributed by atoms with Crippen LogP contribution in [0.2, 0.25) is 5.02 Å². The molecule has 0 radical (unpaired) electrons. The Balaban J connectivity index is 1.90. The molecule has 0 unspecified atom stereocenters. The number of alkyl halides is 2. The molecule has 4 nitrogen and oxygen atoms in total. The molecule has 1 aliphatic heterocycles. The molecule has 0 fully saturated rings. The molecular formula is C19H14ClF3N2O2. The molecule has 27 heavy (non-hydrogen) atoms. The molecule has 0 N–H and O–H groups in total. The average molecular weight is 395 g/mol. The largest absolute Gasteiger partial charge is 0.434 e. The molecule has 1 aromatic heterocycles. The molecule has 2 atom stereocenters. The van der Waals surface area contributed by atoms with Crippen molar-refractivity contribution >= 4 is 23.1 Å². The quantitative estimate of drug-likeness (QED) is 0.769. The van der Waals surface area contributed by atoms with Crippen molar-refractivity contribution in [3.63, 3.8) is 0 Å². The Morgan fingerprint density at radius 3 is 2.85 bits per heavy atom. The number of hydrogen-bond donors (Lipinski definition) is 0. The molecule has 140 valence electrons. The summed E-state index contributed by atoms with van der Waals surface area (Å²) in [6.07, 6.45) is 3.36. The molecule has 2 heterocycles. The Bertz CT molecular complexity index is 964. The van der Waals surface area contributed by atoms with E-state index in [4.69, 9.17) is 16.3 Å². The van der Waals surface area contributed by atoms with Gasteiger partial charge >= 0.3 is 6.61 Å². The summed E-state index contributed by atoms with van der Waals surface area (Å²) in [6, 6.07) is 5.68. The molecule has 4 rings (SSSR count). The molecule has 2 bridgehead atoms. The van der Waals surface area contributed by atoms with Crippen molar-refractivity contribution in [3.8, 4) is 5.75 Å². The van der Waals surface area contributed by atoms with E-state index >= 15 is 0 Å². The highest BCUT2D eigenvalue weighted by molar-refractivity contribution is 6.30. The molecule has 1 aliphatic carbocycles. The monoisotopic (exact) mass is 394 g/mol. The summed E-state index contributed by atoms with van der Waals surface area (Å²) in [5.74, 6) is -1.36. The van der Waals surface area contributed by atoms with Crippen LogP contribution in [-0.2, 0) is 0 Å². The number of halogens is 4. The van der Waals surface area contributed by atoms with Crippen LogP contribution < -0.4 is 4.74 Å². The van der Waals surface area contributed by atoms with Gasteiger partial charge in [0.1, 0.15) is 5.75 Å². The van der Waals surface area contributed by atoms with Crippen LogP contribution in [-0.4, -0.2) is 35.5 Å². The van der Waals surface area contributed by atoms with Crippen molar-refractivity contribution in [3.05, 3.63) is 64.2 Å². The Morgan fingerprint density at radius 2 is 2.15 bits per heavy atom. The van der Waals surface area contributed by atoms with E-state index < -0.39 is 18.3 Å². The number of aromatic nitrogens is 1. The fourth-order valence-electron chi connectivity index (χ4n) is 3.77. The zero-order valence-electron chi connectivity index (χ0n) is 14.1.